The van der Waals surface area contributed by atoms with Gasteiger partial charge in [-0.1, -0.05) is 32.6 Å². The minimum absolute atomic E-state index is 0.306. The number of esters is 1. The molecule has 0 unspecified atom stereocenters. The van der Waals surface area contributed by atoms with Gasteiger partial charge in [-0.2, -0.15) is 0 Å². The van der Waals surface area contributed by atoms with Gasteiger partial charge in [0.25, 0.3) is 0 Å². The topological polar surface area (TPSA) is 46.5 Å². The van der Waals surface area contributed by atoms with Crippen LogP contribution in [0.4, 0.5) is 0 Å². The first-order valence-corrected chi connectivity index (χ1v) is 4.61. The average molecular weight is 222 g/mol. The molecule has 0 aliphatic heterocycles. The van der Waals surface area contributed by atoms with Crippen molar-refractivity contribution in [2.24, 2.45) is 0 Å². The molecule has 0 aliphatic carbocycles. The zero-order valence-electron chi connectivity index (χ0n) is 7.52. The SMILES string of the molecule is C=CC(=O)OCCCC.OC(=S)S. The van der Waals surface area contributed by atoms with Crippen LogP contribution >= 0.6 is 24.8 Å². The molecule has 0 bridgehead atoms. The lowest BCUT2D eigenvalue weighted by molar-refractivity contribution is -0.137. The molecule has 0 saturated heterocycles. The summed E-state index contributed by atoms with van der Waals surface area (Å²) in [4.78, 5) is 10.3. The van der Waals surface area contributed by atoms with Crippen molar-refractivity contribution in [2.75, 3.05) is 6.61 Å². The van der Waals surface area contributed by atoms with E-state index in [1.165, 1.54) is 6.08 Å². The Balaban J connectivity index is 0. The summed E-state index contributed by atoms with van der Waals surface area (Å²) in [7, 11) is 0. The number of thiocarbonyl (C=S) groups is 1. The van der Waals surface area contributed by atoms with Gasteiger partial charge in [0, 0.05) is 6.08 Å². The minimum atomic E-state index is -0.330. The highest BCUT2D eigenvalue weighted by atomic mass is 32.1. The number of thiol groups is 1. The monoisotopic (exact) mass is 222 g/mol. The number of rotatable bonds is 4. The third-order valence-electron chi connectivity index (χ3n) is 0.909. The van der Waals surface area contributed by atoms with Crippen molar-refractivity contribution < 1.29 is 14.6 Å². The fraction of sp³-hybridized carbons (Fsp3) is 0.500. The zero-order chi connectivity index (χ0) is 10.7. The second-order valence-corrected chi connectivity index (χ2v) is 3.12. The van der Waals surface area contributed by atoms with Crippen LogP contribution in [0.5, 0.6) is 0 Å². The quantitative estimate of drug-likeness (QED) is 0.252. The molecule has 0 atom stereocenters. The summed E-state index contributed by atoms with van der Waals surface area (Å²) >= 11 is 7.21. The van der Waals surface area contributed by atoms with E-state index in [4.69, 9.17) is 5.11 Å². The summed E-state index contributed by atoms with van der Waals surface area (Å²) in [6, 6.07) is 0. The lowest BCUT2D eigenvalue weighted by Gasteiger charge is -1.97. The first-order chi connectivity index (χ1) is 6.04. The summed E-state index contributed by atoms with van der Waals surface area (Å²) in [5.41, 5.74) is 0. The lowest BCUT2D eigenvalue weighted by Crippen LogP contribution is -2.00. The highest BCUT2D eigenvalue weighted by Gasteiger charge is 1.91. The Morgan fingerprint density at radius 2 is 2.23 bits per heavy atom. The van der Waals surface area contributed by atoms with Gasteiger partial charge in [-0.25, -0.2) is 4.79 Å². The molecule has 76 valence electrons. The Bertz CT molecular complexity index is 165. The summed E-state index contributed by atoms with van der Waals surface area (Å²) in [6.45, 7) is 5.82. The van der Waals surface area contributed by atoms with Crippen LogP contribution in [-0.2, 0) is 9.53 Å². The van der Waals surface area contributed by atoms with Gasteiger partial charge in [0.15, 0.2) is 0 Å². The van der Waals surface area contributed by atoms with E-state index in [1.54, 1.807) is 0 Å². The van der Waals surface area contributed by atoms with Gasteiger partial charge in [0.05, 0.1) is 6.61 Å². The predicted octanol–water partition coefficient (Wildman–Crippen LogP) is 2.27. The third kappa shape index (κ3) is 24.6. The predicted molar refractivity (Wildman–Crippen MR) is 60.3 cm³/mol. The average Bonchev–Trinajstić information content (AvgIpc) is 2.03. The molecule has 0 aromatic rings. The van der Waals surface area contributed by atoms with Gasteiger partial charge in [-0.3, -0.25) is 0 Å². The Kier molecular flexibility index (Phi) is 13.2. The molecule has 0 spiro atoms. The third-order valence-corrected chi connectivity index (χ3v) is 0.909. The summed E-state index contributed by atoms with van der Waals surface area (Å²) in [5, 5.41) is 7.65. The van der Waals surface area contributed by atoms with Crippen molar-refractivity contribution in [1.82, 2.24) is 0 Å². The Labute approximate surface area is 89.2 Å². The maximum absolute atomic E-state index is 10.3. The fourth-order valence-corrected chi connectivity index (χ4v) is 0.376. The molecule has 1 N–H and O–H groups in total. The van der Waals surface area contributed by atoms with Gasteiger partial charge in [0.1, 0.15) is 0 Å². The molecule has 0 aromatic carbocycles. The van der Waals surface area contributed by atoms with Crippen LogP contribution in [0.15, 0.2) is 12.7 Å². The number of aliphatic hydroxyl groups is 1. The summed E-state index contributed by atoms with van der Waals surface area (Å²) in [6.07, 6.45) is 3.15. The van der Waals surface area contributed by atoms with E-state index in [0.717, 1.165) is 12.8 Å². The molecule has 0 fully saturated rings. The summed E-state index contributed by atoms with van der Waals surface area (Å²) < 4.78 is 4.37. The van der Waals surface area contributed by atoms with Gasteiger partial charge >= 0.3 is 5.97 Å². The van der Waals surface area contributed by atoms with Crippen LogP contribution < -0.4 is 0 Å². The lowest BCUT2D eigenvalue weighted by atomic mass is 10.4. The molecule has 0 heterocycles. The number of hydrogen-bond acceptors (Lipinski definition) is 3. The normalized spacial score (nSPS) is 7.85. The van der Waals surface area contributed by atoms with Crippen molar-refractivity contribution in [1.29, 1.82) is 0 Å². The number of ether oxygens (including phenoxy) is 1. The highest BCUT2D eigenvalue weighted by Crippen LogP contribution is 1.88. The van der Waals surface area contributed by atoms with E-state index in [-0.39, 0.29) is 10.4 Å². The highest BCUT2D eigenvalue weighted by molar-refractivity contribution is 8.10. The van der Waals surface area contributed by atoms with Crippen LogP contribution in [-0.4, -0.2) is 22.1 Å². The number of carbonyl (C=O) groups is 1. The summed E-state index contributed by atoms with van der Waals surface area (Å²) in [5.74, 6) is -0.330. The van der Waals surface area contributed by atoms with Crippen LogP contribution in [0.2, 0.25) is 0 Å². The van der Waals surface area contributed by atoms with E-state index in [9.17, 15) is 4.79 Å². The molecule has 0 aromatic heterocycles. The van der Waals surface area contributed by atoms with Crippen LogP contribution in [0.25, 0.3) is 0 Å². The second kappa shape index (κ2) is 11.4. The van der Waals surface area contributed by atoms with Gasteiger partial charge in [-0.15, -0.1) is 0 Å². The largest absolute Gasteiger partial charge is 0.494 e. The first-order valence-electron chi connectivity index (χ1n) is 3.75. The van der Waals surface area contributed by atoms with Crippen LogP contribution in [0.1, 0.15) is 19.8 Å². The Hall–Kier alpha value is -0.550. The van der Waals surface area contributed by atoms with Crippen LogP contribution in [0, 0.1) is 0 Å². The number of carbonyl (C=O) groups excluding carboxylic acids is 1. The van der Waals surface area contributed by atoms with Gasteiger partial charge in [0.2, 0.25) is 4.38 Å². The van der Waals surface area contributed by atoms with Crippen molar-refractivity contribution in [3.05, 3.63) is 12.7 Å². The van der Waals surface area contributed by atoms with E-state index in [1.807, 2.05) is 6.92 Å². The van der Waals surface area contributed by atoms with E-state index >= 15 is 0 Å². The maximum atomic E-state index is 10.3. The second-order valence-electron chi connectivity index (χ2n) is 2.01. The van der Waals surface area contributed by atoms with E-state index in [2.05, 4.69) is 36.2 Å². The van der Waals surface area contributed by atoms with Gasteiger partial charge < -0.3 is 9.84 Å². The molecule has 5 heteroatoms. The zero-order valence-corrected chi connectivity index (χ0v) is 9.24. The van der Waals surface area contributed by atoms with Crippen molar-refractivity contribution in [3.8, 4) is 0 Å². The molecule has 0 aliphatic rings. The number of hydrogen-bond donors (Lipinski definition) is 2. The molecule has 0 amide bonds. The molecular formula is C8H14O3S2. The van der Waals surface area contributed by atoms with E-state index < -0.39 is 0 Å². The fourth-order valence-electron chi connectivity index (χ4n) is 0.376. The first kappa shape index (κ1) is 14.9. The van der Waals surface area contributed by atoms with Gasteiger partial charge in [-0.05, 0) is 18.6 Å². The van der Waals surface area contributed by atoms with Crippen molar-refractivity contribution in [2.45, 2.75) is 19.8 Å². The maximum Gasteiger partial charge on any atom is 0.330 e. The number of aliphatic hydroxyl groups excluding tert-OH is 1. The van der Waals surface area contributed by atoms with E-state index in [0.29, 0.717) is 6.61 Å². The molecular weight excluding hydrogens is 208 g/mol. The Morgan fingerprint density at radius 3 is 2.54 bits per heavy atom. The Morgan fingerprint density at radius 1 is 1.77 bits per heavy atom. The standard InChI is InChI=1S/C7H12O2.CH2OS2/c1-3-5-6-9-7(8)4-2;2-1(3)4/h4H,2-3,5-6H2,1H3;(H2,2,3,4). The molecule has 0 radical (unpaired) electrons. The molecule has 0 rings (SSSR count). The van der Waals surface area contributed by atoms with Crippen molar-refractivity contribution >= 4 is 35.2 Å². The molecule has 0 saturated carbocycles. The molecule has 3 nitrogen and oxygen atoms in total. The minimum Gasteiger partial charge on any atom is -0.494 e. The van der Waals surface area contributed by atoms with Crippen molar-refractivity contribution in [3.63, 3.8) is 0 Å². The number of unbranched alkanes of at least 4 members (excludes halogenated alkanes) is 1. The smallest absolute Gasteiger partial charge is 0.330 e. The van der Waals surface area contributed by atoms with Crippen LogP contribution in [0.3, 0.4) is 0 Å². The molecule has 13 heavy (non-hydrogen) atoms.